The van der Waals surface area contributed by atoms with Gasteiger partial charge in [-0.1, -0.05) is 68.3 Å². The highest BCUT2D eigenvalue weighted by atomic mass is 16.5. The number of aryl methyl sites for hydroxylation is 1. The van der Waals surface area contributed by atoms with E-state index in [1.165, 1.54) is 4.68 Å². The highest BCUT2D eigenvalue weighted by molar-refractivity contribution is 6.02. The number of aromatic nitrogens is 2. The predicted molar refractivity (Wildman–Crippen MR) is 133 cm³/mol. The molecule has 1 heterocycles. The van der Waals surface area contributed by atoms with Crippen molar-refractivity contribution < 1.29 is 14.3 Å². The number of amides is 1. The third-order valence-corrected chi connectivity index (χ3v) is 5.66. The fourth-order valence-corrected chi connectivity index (χ4v) is 3.79. The lowest BCUT2D eigenvalue weighted by Gasteiger charge is -2.35. The van der Waals surface area contributed by atoms with E-state index in [1.807, 2.05) is 51.1 Å². The second kappa shape index (κ2) is 11.1. The number of ether oxygens (including phenoxy) is 1. The first-order chi connectivity index (χ1) is 16.2. The standard InChI is InChI=1S/C27H33N3O4/c1-5-6-12-17-30-25(32)22-16-11-10-15-21(22)24(28-30)26(33)34-19-23(31)29(27(2,3)4)18-20-13-8-7-9-14-20/h7-11,13-16H,5-6,12,17-19H2,1-4H3. The first-order valence-corrected chi connectivity index (χ1v) is 11.7. The Labute approximate surface area is 200 Å². The number of nitrogens with zero attached hydrogens (tertiary/aromatic N) is 3. The van der Waals surface area contributed by atoms with E-state index in [4.69, 9.17) is 4.74 Å². The van der Waals surface area contributed by atoms with E-state index in [0.717, 1.165) is 24.8 Å². The minimum atomic E-state index is -0.720. The zero-order valence-electron chi connectivity index (χ0n) is 20.4. The minimum absolute atomic E-state index is 0.0462. The van der Waals surface area contributed by atoms with Gasteiger partial charge in [0.05, 0.1) is 5.39 Å². The van der Waals surface area contributed by atoms with Crippen LogP contribution < -0.4 is 5.56 Å². The summed E-state index contributed by atoms with van der Waals surface area (Å²) in [6.07, 6.45) is 2.75. The lowest BCUT2D eigenvalue weighted by atomic mass is 10.0. The average Bonchev–Trinajstić information content (AvgIpc) is 2.82. The number of esters is 1. The largest absolute Gasteiger partial charge is 0.451 e. The molecule has 34 heavy (non-hydrogen) atoms. The van der Waals surface area contributed by atoms with Gasteiger partial charge in [-0.15, -0.1) is 0 Å². The Morgan fingerprint density at radius 1 is 0.971 bits per heavy atom. The van der Waals surface area contributed by atoms with Crippen molar-refractivity contribution in [2.45, 2.75) is 65.6 Å². The zero-order valence-corrected chi connectivity index (χ0v) is 20.4. The first-order valence-electron chi connectivity index (χ1n) is 11.7. The van der Waals surface area contributed by atoms with Crippen molar-refractivity contribution in [3.05, 3.63) is 76.2 Å². The molecular weight excluding hydrogens is 430 g/mol. The van der Waals surface area contributed by atoms with E-state index < -0.39 is 18.1 Å². The summed E-state index contributed by atoms with van der Waals surface area (Å²) >= 11 is 0. The fraction of sp³-hybridized carbons (Fsp3) is 0.407. The molecule has 7 nitrogen and oxygen atoms in total. The molecular formula is C27H33N3O4. The van der Waals surface area contributed by atoms with Crippen LogP contribution in [-0.4, -0.2) is 38.7 Å². The van der Waals surface area contributed by atoms with Crippen LogP contribution in [0.2, 0.25) is 0 Å². The Bertz CT molecular complexity index is 1200. The summed E-state index contributed by atoms with van der Waals surface area (Å²) in [4.78, 5) is 40.6. The molecule has 1 aromatic heterocycles. The number of fused-ring (bicyclic) bond motifs is 1. The van der Waals surface area contributed by atoms with Gasteiger partial charge in [-0.25, -0.2) is 9.48 Å². The Morgan fingerprint density at radius 3 is 2.26 bits per heavy atom. The van der Waals surface area contributed by atoms with Gasteiger partial charge < -0.3 is 9.64 Å². The van der Waals surface area contributed by atoms with Crippen LogP contribution in [0.1, 0.15) is 63.0 Å². The summed E-state index contributed by atoms with van der Waals surface area (Å²) in [5, 5.41) is 5.15. The van der Waals surface area contributed by atoms with Crippen LogP contribution in [0.5, 0.6) is 0 Å². The molecule has 0 bridgehead atoms. The maximum atomic E-state index is 13.1. The summed E-state index contributed by atoms with van der Waals surface area (Å²) in [7, 11) is 0. The van der Waals surface area contributed by atoms with Gasteiger partial charge in [-0.3, -0.25) is 9.59 Å². The molecule has 0 N–H and O–H groups in total. The van der Waals surface area contributed by atoms with Crippen LogP contribution >= 0.6 is 0 Å². The molecule has 3 rings (SSSR count). The van der Waals surface area contributed by atoms with Crippen molar-refractivity contribution in [3.63, 3.8) is 0 Å². The molecule has 1 amide bonds. The van der Waals surface area contributed by atoms with Gasteiger partial charge in [-0.2, -0.15) is 5.10 Å². The lowest BCUT2D eigenvalue weighted by Crippen LogP contribution is -2.46. The smallest absolute Gasteiger partial charge is 0.359 e. The van der Waals surface area contributed by atoms with Gasteiger partial charge in [0.2, 0.25) is 0 Å². The third-order valence-electron chi connectivity index (χ3n) is 5.66. The summed E-state index contributed by atoms with van der Waals surface area (Å²) in [6.45, 7) is 8.32. The molecule has 0 unspecified atom stereocenters. The molecule has 180 valence electrons. The minimum Gasteiger partial charge on any atom is -0.451 e. The quantitative estimate of drug-likeness (QED) is 0.343. The molecule has 0 fully saturated rings. The fourth-order valence-electron chi connectivity index (χ4n) is 3.79. The van der Waals surface area contributed by atoms with E-state index in [9.17, 15) is 14.4 Å². The molecule has 7 heteroatoms. The van der Waals surface area contributed by atoms with Crippen molar-refractivity contribution in [2.75, 3.05) is 6.61 Å². The van der Waals surface area contributed by atoms with E-state index >= 15 is 0 Å². The molecule has 0 aliphatic rings. The van der Waals surface area contributed by atoms with Crippen LogP contribution in [-0.2, 0) is 22.6 Å². The average molecular weight is 464 g/mol. The molecule has 0 radical (unpaired) electrons. The number of hydrogen-bond donors (Lipinski definition) is 0. The van der Waals surface area contributed by atoms with E-state index in [1.54, 1.807) is 29.2 Å². The second-order valence-electron chi connectivity index (χ2n) is 9.34. The van der Waals surface area contributed by atoms with E-state index in [0.29, 0.717) is 23.9 Å². The van der Waals surface area contributed by atoms with Crippen LogP contribution in [0.3, 0.4) is 0 Å². The SMILES string of the molecule is CCCCCn1nc(C(=O)OCC(=O)N(Cc2ccccc2)C(C)(C)C)c2ccccc2c1=O. The highest BCUT2D eigenvalue weighted by Crippen LogP contribution is 2.19. The first kappa shape index (κ1) is 25.1. The molecule has 0 atom stereocenters. The monoisotopic (exact) mass is 463 g/mol. The number of benzene rings is 2. The van der Waals surface area contributed by atoms with Gasteiger partial charge >= 0.3 is 5.97 Å². The predicted octanol–water partition coefficient (Wildman–Crippen LogP) is 4.57. The molecule has 0 saturated carbocycles. The van der Waals surface area contributed by atoms with E-state index in [2.05, 4.69) is 12.0 Å². The Balaban J connectivity index is 1.81. The van der Waals surface area contributed by atoms with Gasteiger partial charge in [0.15, 0.2) is 12.3 Å². The lowest BCUT2D eigenvalue weighted by molar-refractivity contribution is -0.140. The summed E-state index contributed by atoms with van der Waals surface area (Å²) in [5.41, 5.74) is 0.339. The van der Waals surface area contributed by atoms with Gasteiger partial charge in [0, 0.05) is 24.0 Å². The van der Waals surface area contributed by atoms with Crippen LogP contribution in [0, 0.1) is 0 Å². The number of carbonyl (C=O) groups excluding carboxylic acids is 2. The Kier molecular flexibility index (Phi) is 8.21. The summed E-state index contributed by atoms with van der Waals surface area (Å²) < 4.78 is 6.75. The molecule has 3 aromatic rings. The van der Waals surface area contributed by atoms with Crippen molar-refractivity contribution in [3.8, 4) is 0 Å². The number of carbonyl (C=O) groups is 2. The molecule has 0 saturated heterocycles. The molecule has 2 aromatic carbocycles. The zero-order chi connectivity index (χ0) is 24.7. The highest BCUT2D eigenvalue weighted by Gasteiger charge is 2.28. The summed E-state index contributed by atoms with van der Waals surface area (Å²) in [6, 6.07) is 16.5. The van der Waals surface area contributed by atoms with Gasteiger partial charge in [-0.05, 0) is 38.8 Å². The van der Waals surface area contributed by atoms with Gasteiger partial charge in [0.1, 0.15) is 0 Å². The molecule has 0 aliphatic carbocycles. The Hall–Kier alpha value is -3.48. The topological polar surface area (TPSA) is 81.5 Å². The second-order valence-corrected chi connectivity index (χ2v) is 9.34. The van der Waals surface area contributed by atoms with Crippen molar-refractivity contribution in [2.24, 2.45) is 0 Å². The Morgan fingerprint density at radius 2 is 1.62 bits per heavy atom. The third kappa shape index (κ3) is 6.10. The van der Waals surface area contributed by atoms with E-state index in [-0.39, 0.29) is 17.2 Å². The summed E-state index contributed by atoms with van der Waals surface area (Å²) in [5.74, 6) is -1.02. The van der Waals surface area contributed by atoms with Crippen LogP contribution in [0.15, 0.2) is 59.4 Å². The maximum absolute atomic E-state index is 13.1. The normalized spacial score (nSPS) is 11.4. The number of rotatable bonds is 9. The van der Waals surface area contributed by atoms with Crippen molar-refractivity contribution in [1.82, 2.24) is 14.7 Å². The maximum Gasteiger partial charge on any atom is 0.359 e. The molecule has 0 aliphatic heterocycles. The number of hydrogen-bond acceptors (Lipinski definition) is 5. The molecule has 0 spiro atoms. The van der Waals surface area contributed by atoms with Crippen molar-refractivity contribution >= 4 is 22.6 Å². The van der Waals surface area contributed by atoms with Crippen LogP contribution in [0.4, 0.5) is 0 Å². The van der Waals surface area contributed by atoms with Gasteiger partial charge in [0.25, 0.3) is 11.5 Å². The number of unbranched alkanes of at least 4 members (excludes halogenated alkanes) is 2. The van der Waals surface area contributed by atoms with Crippen molar-refractivity contribution in [1.29, 1.82) is 0 Å². The van der Waals surface area contributed by atoms with Crippen LogP contribution in [0.25, 0.3) is 10.8 Å².